The molecule has 72 valence electrons. The van der Waals surface area contributed by atoms with Gasteiger partial charge in [0.15, 0.2) is 0 Å². The lowest BCUT2D eigenvalue weighted by molar-refractivity contribution is -0.154. The molecule has 0 aromatic rings. The molecule has 0 aliphatic carbocycles. The van der Waals surface area contributed by atoms with Gasteiger partial charge >= 0.3 is 6.18 Å². The summed E-state index contributed by atoms with van der Waals surface area (Å²) in [4.78, 5) is 10.6. The minimum Gasteiger partial charge on any atom is -0.351 e. The van der Waals surface area contributed by atoms with Crippen molar-refractivity contribution in [3.05, 3.63) is 0 Å². The molecule has 0 aliphatic rings. The standard InChI is InChI=1S/C7H12F3NO/c1-6(2,3)11-5(12)4-7(8,9)10/h4H2,1-3H3,(H,11,12). The predicted octanol–water partition coefficient (Wildman–Crippen LogP) is 1.85. The summed E-state index contributed by atoms with van der Waals surface area (Å²) in [6.07, 6.45) is -5.83. The lowest BCUT2D eigenvalue weighted by atomic mass is 10.1. The molecule has 2 nitrogen and oxygen atoms in total. The fourth-order valence-electron chi connectivity index (χ4n) is 0.645. The minimum atomic E-state index is -4.42. The Hall–Kier alpha value is -0.740. The highest BCUT2D eigenvalue weighted by Crippen LogP contribution is 2.19. The van der Waals surface area contributed by atoms with E-state index in [9.17, 15) is 18.0 Å². The third-order valence-electron chi connectivity index (χ3n) is 0.875. The molecule has 1 amide bonds. The summed E-state index contributed by atoms with van der Waals surface area (Å²) in [5.74, 6) is -0.991. The monoisotopic (exact) mass is 183 g/mol. The van der Waals surface area contributed by atoms with Gasteiger partial charge < -0.3 is 5.32 Å². The van der Waals surface area contributed by atoms with Crippen LogP contribution in [0.1, 0.15) is 27.2 Å². The molecule has 0 bridgehead atoms. The molecule has 0 saturated carbocycles. The number of nitrogens with one attached hydrogen (secondary N) is 1. The highest BCUT2D eigenvalue weighted by atomic mass is 19.4. The zero-order chi connectivity index (χ0) is 9.99. The Balaban J connectivity index is 3.92. The van der Waals surface area contributed by atoms with Crippen molar-refractivity contribution in [2.75, 3.05) is 0 Å². The van der Waals surface area contributed by atoms with E-state index in [-0.39, 0.29) is 0 Å². The SMILES string of the molecule is CC(C)(C)NC(=O)CC(F)(F)F. The van der Waals surface area contributed by atoms with Crippen LogP contribution < -0.4 is 5.32 Å². The van der Waals surface area contributed by atoms with Gasteiger partial charge in [-0.15, -0.1) is 0 Å². The number of amides is 1. The van der Waals surface area contributed by atoms with E-state index < -0.39 is 24.0 Å². The van der Waals surface area contributed by atoms with Gasteiger partial charge in [0.25, 0.3) is 0 Å². The first-order chi connectivity index (χ1) is 5.10. The summed E-state index contributed by atoms with van der Waals surface area (Å²) < 4.78 is 34.9. The maximum atomic E-state index is 11.6. The highest BCUT2D eigenvalue weighted by Gasteiger charge is 2.32. The van der Waals surface area contributed by atoms with Gasteiger partial charge in [-0.3, -0.25) is 4.79 Å². The molecular formula is C7H12F3NO. The van der Waals surface area contributed by atoms with Crippen molar-refractivity contribution in [3.63, 3.8) is 0 Å². The Labute approximate surface area is 69.1 Å². The summed E-state index contributed by atoms with van der Waals surface area (Å²) in [5.41, 5.74) is -0.609. The zero-order valence-corrected chi connectivity index (χ0v) is 7.25. The van der Waals surface area contributed by atoms with Gasteiger partial charge in [0.1, 0.15) is 6.42 Å². The Bertz CT molecular complexity index is 150. The second-order valence-corrected chi connectivity index (χ2v) is 3.59. The van der Waals surface area contributed by atoms with Crippen molar-refractivity contribution in [2.45, 2.75) is 38.9 Å². The van der Waals surface area contributed by atoms with Crippen LogP contribution in [0.2, 0.25) is 0 Å². The molecule has 1 N–H and O–H groups in total. The molecule has 0 atom stereocenters. The molecule has 0 aromatic heterocycles. The van der Waals surface area contributed by atoms with Crippen LogP contribution >= 0.6 is 0 Å². The molecule has 0 spiro atoms. The molecule has 5 heteroatoms. The number of carbonyl (C=O) groups excluding carboxylic acids is 1. The fraction of sp³-hybridized carbons (Fsp3) is 0.857. The first kappa shape index (κ1) is 11.3. The van der Waals surface area contributed by atoms with Gasteiger partial charge in [0, 0.05) is 5.54 Å². The topological polar surface area (TPSA) is 29.1 Å². The maximum Gasteiger partial charge on any atom is 0.397 e. The Morgan fingerprint density at radius 3 is 1.92 bits per heavy atom. The number of alkyl halides is 3. The van der Waals surface area contributed by atoms with E-state index in [0.717, 1.165) is 0 Å². The molecule has 12 heavy (non-hydrogen) atoms. The van der Waals surface area contributed by atoms with E-state index in [4.69, 9.17) is 0 Å². The van der Waals surface area contributed by atoms with Crippen molar-refractivity contribution < 1.29 is 18.0 Å². The molecular weight excluding hydrogens is 171 g/mol. The third kappa shape index (κ3) is 7.37. The summed E-state index contributed by atoms with van der Waals surface area (Å²) in [5, 5.41) is 2.22. The summed E-state index contributed by atoms with van der Waals surface area (Å²) >= 11 is 0. The second kappa shape index (κ2) is 3.33. The zero-order valence-electron chi connectivity index (χ0n) is 7.25. The van der Waals surface area contributed by atoms with Crippen molar-refractivity contribution in [3.8, 4) is 0 Å². The number of rotatable bonds is 1. The lowest BCUT2D eigenvalue weighted by Gasteiger charge is -2.20. The number of hydrogen-bond donors (Lipinski definition) is 1. The Kier molecular flexibility index (Phi) is 3.12. The van der Waals surface area contributed by atoms with Gasteiger partial charge in [0.2, 0.25) is 5.91 Å². The van der Waals surface area contributed by atoms with E-state index >= 15 is 0 Å². The summed E-state index contributed by atoms with van der Waals surface area (Å²) in [6, 6.07) is 0. The van der Waals surface area contributed by atoms with Gasteiger partial charge in [0.05, 0.1) is 0 Å². The van der Waals surface area contributed by atoms with Crippen LogP contribution in [0.5, 0.6) is 0 Å². The van der Waals surface area contributed by atoms with Gasteiger partial charge in [-0.25, -0.2) is 0 Å². The first-order valence-electron chi connectivity index (χ1n) is 3.48. The minimum absolute atomic E-state index is 0.609. The number of halogens is 3. The summed E-state index contributed by atoms with van der Waals surface area (Å²) in [6.45, 7) is 4.88. The normalized spacial score (nSPS) is 12.8. The van der Waals surface area contributed by atoms with Gasteiger partial charge in [-0.05, 0) is 20.8 Å². The largest absolute Gasteiger partial charge is 0.397 e. The van der Waals surface area contributed by atoms with E-state index in [1.165, 1.54) is 0 Å². The van der Waals surface area contributed by atoms with Crippen molar-refractivity contribution in [2.24, 2.45) is 0 Å². The molecule has 0 unspecified atom stereocenters. The van der Waals surface area contributed by atoms with Gasteiger partial charge in [-0.1, -0.05) is 0 Å². The predicted molar refractivity (Wildman–Crippen MR) is 38.6 cm³/mol. The second-order valence-electron chi connectivity index (χ2n) is 3.59. The Morgan fingerprint density at radius 1 is 1.25 bits per heavy atom. The third-order valence-corrected chi connectivity index (χ3v) is 0.875. The van der Waals surface area contributed by atoms with Crippen LogP contribution in [-0.2, 0) is 4.79 Å². The molecule has 0 radical (unpaired) electrons. The van der Waals surface area contributed by atoms with Crippen LogP contribution in [-0.4, -0.2) is 17.6 Å². The smallest absolute Gasteiger partial charge is 0.351 e. The average molecular weight is 183 g/mol. The molecule has 0 rings (SSSR count). The number of carbonyl (C=O) groups is 1. The van der Waals surface area contributed by atoms with Crippen LogP contribution in [0.15, 0.2) is 0 Å². The van der Waals surface area contributed by atoms with Crippen LogP contribution in [0, 0.1) is 0 Å². The van der Waals surface area contributed by atoms with Crippen LogP contribution in [0.25, 0.3) is 0 Å². The van der Waals surface area contributed by atoms with Gasteiger partial charge in [-0.2, -0.15) is 13.2 Å². The van der Waals surface area contributed by atoms with E-state index in [1.54, 1.807) is 20.8 Å². The van der Waals surface area contributed by atoms with E-state index in [1.807, 2.05) is 0 Å². The summed E-state index contributed by atoms with van der Waals surface area (Å²) in [7, 11) is 0. The quantitative estimate of drug-likeness (QED) is 0.660. The molecule has 0 heterocycles. The fourth-order valence-corrected chi connectivity index (χ4v) is 0.645. The van der Waals surface area contributed by atoms with Crippen LogP contribution in [0.4, 0.5) is 13.2 Å². The van der Waals surface area contributed by atoms with E-state index in [2.05, 4.69) is 5.32 Å². The van der Waals surface area contributed by atoms with Crippen molar-refractivity contribution in [1.29, 1.82) is 0 Å². The number of hydrogen-bond acceptors (Lipinski definition) is 1. The molecule has 0 aromatic carbocycles. The highest BCUT2D eigenvalue weighted by molar-refractivity contribution is 5.77. The molecule has 0 saturated heterocycles. The average Bonchev–Trinajstić information content (AvgIpc) is 1.49. The van der Waals surface area contributed by atoms with Crippen LogP contribution in [0.3, 0.4) is 0 Å². The Morgan fingerprint density at radius 2 is 1.67 bits per heavy atom. The first-order valence-corrected chi connectivity index (χ1v) is 3.48. The van der Waals surface area contributed by atoms with Crippen molar-refractivity contribution in [1.82, 2.24) is 5.32 Å². The lowest BCUT2D eigenvalue weighted by Crippen LogP contribution is -2.42. The maximum absolute atomic E-state index is 11.6. The molecule has 0 fully saturated rings. The van der Waals surface area contributed by atoms with E-state index in [0.29, 0.717) is 0 Å². The van der Waals surface area contributed by atoms with Crippen molar-refractivity contribution >= 4 is 5.91 Å². The molecule has 0 aliphatic heterocycles.